The lowest BCUT2D eigenvalue weighted by Gasteiger charge is -2.23. The van der Waals surface area contributed by atoms with Crippen LogP contribution in [0.25, 0.3) is 0 Å². The quantitative estimate of drug-likeness (QED) is 0.820. The number of hydrogen-bond acceptors (Lipinski definition) is 2. The van der Waals surface area contributed by atoms with E-state index in [4.69, 9.17) is 11.6 Å². The van der Waals surface area contributed by atoms with Crippen LogP contribution in [-0.4, -0.2) is 14.7 Å². The van der Waals surface area contributed by atoms with Gasteiger partial charge in [0.1, 0.15) is 5.82 Å². The summed E-state index contributed by atoms with van der Waals surface area (Å²) in [6.45, 7) is 0.970. The zero-order chi connectivity index (χ0) is 11.1. The minimum atomic E-state index is -0.413. The number of aromatic nitrogens is 2. The standard InChI is InChI=1S/C12H17ClN2O/c13-11-10-9(16)6-3-7-15(10)12(14-11)8-4-1-2-5-8/h8-9,16H,1-7H2. The van der Waals surface area contributed by atoms with E-state index in [0.717, 1.165) is 30.9 Å². The zero-order valence-electron chi connectivity index (χ0n) is 9.32. The van der Waals surface area contributed by atoms with Crippen LogP contribution in [-0.2, 0) is 6.54 Å². The number of aliphatic hydroxyl groups is 1. The summed E-state index contributed by atoms with van der Waals surface area (Å²) >= 11 is 6.14. The highest BCUT2D eigenvalue weighted by atomic mass is 35.5. The molecule has 2 aliphatic rings. The predicted molar refractivity (Wildman–Crippen MR) is 62.6 cm³/mol. The van der Waals surface area contributed by atoms with Gasteiger partial charge in [0, 0.05) is 12.5 Å². The van der Waals surface area contributed by atoms with E-state index in [9.17, 15) is 5.11 Å². The maximum atomic E-state index is 9.95. The molecule has 0 amide bonds. The summed E-state index contributed by atoms with van der Waals surface area (Å²) in [5.41, 5.74) is 0.856. The predicted octanol–water partition coefficient (Wildman–Crippen LogP) is 3.02. The minimum absolute atomic E-state index is 0.413. The van der Waals surface area contributed by atoms with Crippen molar-refractivity contribution in [3.8, 4) is 0 Å². The molecule has 1 atom stereocenters. The normalized spacial score (nSPS) is 26.0. The van der Waals surface area contributed by atoms with E-state index in [0.29, 0.717) is 11.1 Å². The third kappa shape index (κ3) is 1.57. The first-order valence-electron chi connectivity index (χ1n) is 6.21. The van der Waals surface area contributed by atoms with Crippen LogP contribution in [0, 0.1) is 0 Å². The molecule has 1 aliphatic carbocycles. The summed E-state index contributed by atoms with van der Waals surface area (Å²) in [7, 11) is 0. The van der Waals surface area contributed by atoms with Crippen molar-refractivity contribution in [2.24, 2.45) is 0 Å². The molecule has 88 valence electrons. The molecule has 1 unspecified atom stereocenters. The Kier molecular flexibility index (Phi) is 2.68. The average Bonchev–Trinajstić information content (AvgIpc) is 2.86. The summed E-state index contributed by atoms with van der Waals surface area (Å²) in [6.07, 6.45) is 6.48. The lowest BCUT2D eigenvalue weighted by molar-refractivity contribution is 0.138. The number of aliphatic hydroxyl groups excluding tert-OH is 1. The van der Waals surface area contributed by atoms with Crippen molar-refractivity contribution < 1.29 is 5.11 Å². The molecule has 16 heavy (non-hydrogen) atoms. The Morgan fingerprint density at radius 1 is 1.19 bits per heavy atom. The van der Waals surface area contributed by atoms with Gasteiger partial charge in [-0.15, -0.1) is 0 Å². The second kappa shape index (κ2) is 4.04. The van der Waals surface area contributed by atoms with E-state index in [1.165, 1.54) is 25.7 Å². The van der Waals surface area contributed by atoms with Crippen molar-refractivity contribution in [1.29, 1.82) is 0 Å². The number of nitrogens with zero attached hydrogens (tertiary/aromatic N) is 2. The monoisotopic (exact) mass is 240 g/mol. The van der Waals surface area contributed by atoms with Crippen molar-refractivity contribution in [3.63, 3.8) is 0 Å². The molecule has 3 nitrogen and oxygen atoms in total. The Hall–Kier alpha value is -0.540. The number of fused-ring (bicyclic) bond motifs is 1. The average molecular weight is 241 g/mol. The van der Waals surface area contributed by atoms with Crippen LogP contribution in [0.15, 0.2) is 0 Å². The topological polar surface area (TPSA) is 38.0 Å². The van der Waals surface area contributed by atoms with Crippen LogP contribution in [0.4, 0.5) is 0 Å². The van der Waals surface area contributed by atoms with E-state index in [2.05, 4.69) is 9.55 Å². The lowest BCUT2D eigenvalue weighted by atomic mass is 10.0. The largest absolute Gasteiger partial charge is 0.387 e. The first-order valence-corrected chi connectivity index (χ1v) is 6.59. The van der Waals surface area contributed by atoms with Crippen molar-refractivity contribution in [3.05, 3.63) is 16.7 Å². The molecule has 1 aromatic rings. The molecule has 3 rings (SSSR count). The van der Waals surface area contributed by atoms with E-state index in [1.54, 1.807) is 0 Å². The fourth-order valence-electron chi connectivity index (χ4n) is 3.08. The van der Waals surface area contributed by atoms with Gasteiger partial charge in [-0.2, -0.15) is 0 Å². The van der Waals surface area contributed by atoms with Crippen LogP contribution in [0.5, 0.6) is 0 Å². The van der Waals surface area contributed by atoms with E-state index >= 15 is 0 Å². The second-order valence-corrected chi connectivity index (χ2v) is 5.30. The minimum Gasteiger partial charge on any atom is -0.387 e. The van der Waals surface area contributed by atoms with Crippen LogP contribution in [0.3, 0.4) is 0 Å². The van der Waals surface area contributed by atoms with Crippen LogP contribution >= 0.6 is 11.6 Å². The lowest BCUT2D eigenvalue weighted by Crippen LogP contribution is -2.18. The Morgan fingerprint density at radius 3 is 2.69 bits per heavy atom. The van der Waals surface area contributed by atoms with Gasteiger partial charge in [-0.05, 0) is 25.7 Å². The first-order chi connectivity index (χ1) is 7.77. The van der Waals surface area contributed by atoms with Crippen LogP contribution in [0.2, 0.25) is 5.15 Å². The molecule has 0 spiro atoms. The van der Waals surface area contributed by atoms with Gasteiger partial charge in [0.25, 0.3) is 0 Å². The van der Waals surface area contributed by atoms with E-state index < -0.39 is 6.10 Å². The fraction of sp³-hybridized carbons (Fsp3) is 0.750. The summed E-state index contributed by atoms with van der Waals surface area (Å²) in [5.74, 6) is 1.69. The fourth-order valence-corrected chi connectivity index (χ4v) is 3.40. The molecule has 0 aromatic carbocycles. The molecule has 1 saturated carbocycles. The second-order valence-electron chi connectivity index (χ2n) is 4.94. The SMILES string of the molecule is OC1CCCn2c(C3CCCC3)nc(Cl)c21. The Labute approximate surface area is 100 Å². The molecule has 1 aromatic heterocycles. The maximum absolute atomic E-state index is 9.95. The molecule has 0 radical (unpaired) electrons. The highest BCUT2D eigenvalue weighted by Crippen LogP contribution is 2.39. The van der Waals surface area contributed by atoms with Gasteiger partial charge < -0.3 is 9.67 Å². The Morgan fingerprint density at radius 2 is 1.94 bits per heavy atom. The molecule has 1 fully saturated rings. The molecular weight excluding hydrogens is 224 g/mol. The summed E-state index contributed by atoms with van der Waals surface area (Å²) in [6, 6.07) is 0. The number of halogens is 1. The van der Waals surface area contributed by atoms with E-state index in [-0.39, 0.29) is 0 Å². The van der Waals surface area contributed by atoms with Gasteiger partial charge in [-0.1, -0.05) is 24.4 Å². The first kappa shape index (κ1) is 10.6. The summed E-state index contributed by atoms with van der Waals surface area (Å²) in [5, 5.41) is 10.5. The molecule has 4 heteroatoms. The van der Waals surface area contributed by atoms with Gasteiger partial charge in [0.2, 0.25) is 0 Å². The molecule has 1 aliphatic heterocycles. The summed E-state index contributed by atoms with van der Waals surface area (Å²) < 4.78 is 2.17. The van der Waals surface area contributed by atoms with Crippen molar-refractivity contribution in [2.75, 3.05) is 0 Å². The van der Waals surface area contributed by atoms with Crippen LogP contribution in [0.1, 0.15) is 62.1 Å². The van der Waals surface area contributed by atoms with Gasteiger partial charge in [0.15, 0.2) is 5.15 Å². The van der Waals surface area contributed by atoms with Crippen molar-refractivity contribution in [1.82, 2.24) is 9.55 Å². The van der Waals surface area contributed by atoms with Gasteiger partial charge in [-0.3, -0.25) is 0 Å². The Balaban J connectivity index is 2.02. The molecular formula is C12H17ClN2O. The number of imidazole rings is 1. The smallest absolute Gasteiger partial charge is 0.153 e. The molecule has 1 N–H and O–H groups in total. The molecule has 0 saturated heterocycles. The molecule has 2 heterocycles. The third-order valence-corrected chi connectivity index (χ3v) is 4.16. The van der Waals surface area contributed by atoms with Crippen molar-refractivity contribution in [2.45, 2.75) is 57.1 Å². The summed E-state index contributed by atoms with van der Waals surface area (Å²) in [4.78, 5) is 4.49. The highest BCUT2D eigenvalue weighted by molar-refractivity contribution is 6.30. The highest BCUT2D eigenvalue weighted by Gasteiger charge is 2.30. The molecule has 0 bridgehead atoms. The van der Waals surface area contributed by atoms with Gasteiger partial charge in [0.05, 0.1) is 11.8 Å². The van der Waals surface area contributed by atoms with Crippen molar-refractivity contribution >= 4 is 11.6 Å². The van der Waals surface area contributed by atoms with Crippen LogP contribution < -0.4 is 0 Å². The van der Waals surface area contributed by atoms with E-state index in [1.807, 2.05) is 0 Å². The van der Waals surface area contributed by atoms with Gasteiger partial charge in [-0.25, -0.2) is 4.98 Å². The number of hydrogen-bond donors (Lipinski definition) is 1. The maximum Gasteiger partial charge on any atom is 0.153 e. The third-order valence-electron chi connectivity index (χ3n) is 3.89. The Bertz CT molecular complexity index is 396. The zero-order valence-corrected chi connectivity index (χ0v) is 10.1. The number of rotatable bonds is 1. The van der Waals surface area contributed by atoms with Gasteiger partial charge >= 0.3 is 0 Å².